The molecule has 0 atom stereocenters. The number of carbonyl (C=O) groups is 1. The molecule has 1 aromatic rings. The van der Waals surface area contributed by atoms with Crippen LogP contribution in [0.1, 0.15) is 25.0 Å². The van der Waals surface area contributed by atoms with Crippen LogP contribution >= 0.6 is 0 Å². The standard InChI is InChI=1S/C12H16FNO/c1-8-6-10(13)5-4-9(8)7-11(15)12(2,3)14/h4-6H,7,14H2,1-3H3. The minimum atomic E-state index is -0.833. The first kappa shape index (κ1) is 11.9. The molecule has 1 aromatic carbocycles. The number of hydrogen-bond acceptors (Lipinski definition) is 2. The number of benzene rings is 1. The van der Waals surface area contributed by atoms with Crippen molar-refractivity contribution < 1.29 is 9.18 Å². The van der Waals surface area contributed by atoms with Crippen molar-refractivity contribution in [3.8, 4) is 0 Å². The third kappa shape index (κ3) is 3.13. The second-order valence-electron chi connectivity index (χ2n) is 4.39. The van der Waals surface area contributed by atoms with Crippen LogP contribution in [0.15, 0.2) is 18.2 Å². The lowest BCUT2D eigenvalue weighted by Gasteiger charge is -2.17. The van der Waals surface area contributed by atoms with Crippen LogP contribution in [0.2, 0.25) is 0 Å². The molecule has 0 saturated carbocycles. The lowest BCUT2D eigenvalue weighted by atomic mass is 9.93. The Morgan fingerprint density at radius 1 is 1.47 bits per heavy atom. The molecule has 3 heteroatoms. The van der Waals surface area contributed by atoms with Crippen LogP contribution in [0, 0.1) is 12.7 Å². The smallest absolute Gasteiger partial charge is 0.156 e. The number of ketones is 1. The molecule has 0 bridgehead atoms. The van der Waals surface area contributed by atoms with Gasteiger partial charge in [0, 0.05) is 6.42 Å². The molecule has 0 aliphatic rings. The van der Waals surface area contributed by atoms with E-state index in [1.54, 1.807) is 26.8 Å². The predicted molar refractivity (Wildman–Crippen MR) is 58.1 cm³/mol. The fourth-order valence-corrected chi connectivity index (χ4v) is 1.26. The molecule has 0 spiro atoms. The monoisotopic (exact) mass is 209 g/mol. The molecule has 0 fully saturated rings. The molecular weight excluding hydrogens is 193 g/mol. The summed E-state index contributed by atoms with van der Waals surface area (Å²) in [5, 5.41) is 0. The molecule has 0 amide bonds. The molecular formula is C12H16FNO. The van der Waals surface area contributed by atoms with Gasteiger partial charge in [-0.15, -0.1) is 0 Å². The lowest BCUT2D eigenvalue weighted by molar-refractivity contribution is -0.122. The van der Waals surface area contributed by atoms with E-state index >= 15 is 0 Å². The van der Waals surface area contributed by atoms with Crippen LogP contribution in [0.3, 0.4) is 0 Å². The van der Waals surface area contributed by atoms with Crippen LogP contribution in [-0.4, -0.2) is 11.3 Å². The lowest BCUT2D eigenvalue weighted by Crippen LogP contribution is -2.42. The second-order valence-corrected chi connectivity index (χ2v) is 4.39. The fraction of sp³-hybridized carbons (Fsp3) is 0.417. The average molecular weight is 209 g/mol. The summed E-state index contributed by atoms with van der Waals surface area (Å²) in [5.74, 6) is -0.326. The summed E-state index contributed by atoms with van der Waals surface area (Å²) in [6, 6.07) is 4.42. The van der Waals surface area contributed by atoms with Crippen LogP contribution in [0.4, 0.5) is 4.39 Å². The van der Waals surface area contributed by atoms with Gasteiger partial charge in [-0.3, -0.25) is 4.79 Å². The number of carbonyl (C=O) groups excluding carboxylic acids is 1. The highest BCUT2D eigenvalue weighted by Crippen LogP contribution is 2.13. The van der Waals surface area contributed by atoms with Gasteiger partial charge in [-0.2, -0.15) is 0 Å². The maximum atomic E-state index is 12.8. The zero-order chi connectivity index (χ0) is 11.6. The van der Waals surface area contributed by atoms with E-state index in [0.717, 1.165) is 11.1 Å². The van der Waals surface area contributed by atoms with Gasteiger partial charge in [0.2, 0.25) is 0 Å². The molecule has 15 heavy (non-hydrogen) atoms. The SMILES string of the molecule is Cc1cc(F)ccc1CC(=O)C(C)(C)N. The van der Waals surface area contributed by atoms with Gasteiger partial charge >= 0.3 is 0 Å². The maximum Gasteiger partial charge on any atom is 0.156 e. The van der Waals surface area contributed by atoms with Crippen molar-refractivity contribution in [2.45, 2.75) is 32.7 Å². The zero-order valence-electron chi connectivity index (χ0n) is 9.30. The van der Waals surface area contributed by atoms with Gasteiger partial charge < -0.3 is 5.73 Å². The van der Waals surface area contributed by atoms with E-state index in [1.807, 2.05) is 0 Å². The number of Topliss-reactive ketones (excluding diaryl/α,β-unsaturated/α-hetero) is 1. The van der Waals surface area contributed by atoms with Crippen molar-refractivity contribution in [3.05, 3.63) is 35.1 Å². The summed E-state index contributed by atoms with van der Waals surface area (Å²) >= 11 is 0. The van der Waals surface area contributed by atoms with E-state index in [0.29, 0.717) is 0 Å². The number of halogens is 1. The zero-order valence-corrected chi connectivity index (χ0v) is 9.30. The Bertz CT molecular complexity index is 380. The third-order valence-electron chi connectivity index (χ3n) is 2.37. The number of aryl methyl sites for hydroxylation is 1. The Morgan fingerprint density at radius 2 is 2.07 bits per heavy atom. The summed E-state index contributed by atoms with van der Waals surface area (Å²) < 4.78 is 12.8. The number of nitrogens with two attached hydrogens (primary N) is 1. The normalized spacial score (nSPS) is 11.5. The quantitative estimate of drug-likeness (QED) is 0.827. The molecule has 0 aliphatic carbocycles. The molecule has 2 N–H and O–H groups in total. The maximum absolute atomic E-state index is 12.8. The van der Waals surface area contributed by atoms with Crippen molar-refractivity contribution >= 4 is 5.78 Å². The van der Waals surface area contributed by atoms with Crippen molar-refractivity contribution in [2.75, 3.05) is 0 Å². The summed E-state index contributed by atoms with van der Waals surface area (Å²) in [7, 11) is 0. The molecule has 82 valence electrons. The molecule has 0 saturated heterocycles. The van der Waals surface area contributed by atoms with Gasteiger partial charge in [0.25, 0.3) is 0 Å². The summed E-state index contributed by atoms with van der Waals surface area (Å²) in [4.78, 5) is 11.7. The van der Waals surface area contributed by atoms with Crippen molar-refractivity contribution in [1.82, 2.24) is 0 Å². The van der Waals surface area contributed by atoms with Gasteiger partial charge in [0.15, 0.2) is 5.78 Å². The van der Waals surface area contributed by atoms with Crippen LogP contribution < -0.4 is 5.73 Å². The Kier molecular flexibility index (Phi) is 3.25. The highest BCUT2D eigenvalue weighted by Gasteiger charge is 2.22. The van der Waals surface area contributed by atoms with E-state index in [2.05, 4.69) is 0 Å². The third-order valence-corrected chi connectivity index (χ3v) is 2.37. The number of hydrogen-bond donors (Lipinski definition) is 1. The topological polar surface area (TPSA) is 43.1 Å². The molecule has 0 radical (unpaired) electrons. The van der Waals surface area contributed by atoms with Crippen molar-refractivity contribution in [1.29, 1.82) is 0 Å². The summed E-state index contributed by atoms with van der Waals surface area (Å²) in [6.45, 7) is 5.14. The average Bonchev–Trinajstić information content (AvgIpc) is 2.08. The Hall–Kier alpha value is -1.22. The van der Waals surface area contributed by atoms with E-state index in [9.17, 15) is 9.18 Å². The van der Waals surface area contributed by atoms with Gasteiger partial charge in [-0.25, -0.2) is 4.39 Å². The highest BCUT2D eigenvalue weighted by molar-refractivity contribution is 5.89. The Balaban J connectivity index is 2.87. The number of rotatable bonds is 3. The van der Waals surface area contributed by atoms with E-state index in [1.165, 1.54) is 12.1 Å². The van der Waals surface area contributed by atoms with Crippen LogP contribution in [0.25, 0.3) is 0 Å². The summed E-state index contributed by atoms with van der Waals surface area (Å²) in [6.07, 6.45) is 0.260. The van der Waals surface area contributed by atoms with E-state index in [4.69, 9.17) is 5.73 Å². The first-order chi connectivity index (χ1) is 6.80. The first-order valence-corrected chi connectivity index (χ1v) is 4.88. The summed E-state index contributed by atoms with van der Waals surface area (Å²) in [5.41, 5.74) is 6.47. The predicted octanol–water partition coefficient (Wildman–Crippen LogP) is 1.98. The van der Waals surface area contributed by atoms with Gasteiger partial charge in [-0.1, -0.05) is 6.07 Å². The van der Waals surface area contributed by atoms with Crippen LogP contribution in [-0.2, 0) is 11.2 Å². The molecule has 0 unspecified atom stereocenters. The Labute approximate surface area is 89.3 Å². The first-order valence-electron chi connectivity index (χ1n) is 4.88. The van der Waals surface area contributed by atoms with Crippen molar-refractivity contribution in [3.63, 3.8) is 0 Å². The van der Waals surface area contributed by atoms with Crippen LogP contribution in [0.5, 0.6) is 0 Å². The molecule has 0 aromatic heterocycles. The molecule has 2 nitrogen and oxygen atoms in total. The van der Waals surface area contributed by atoms with Gasteiger partial charge in [0.1, 0.15) is 5.82 Å². The largest absolute Gasteiger partial charge is 0.319 e. The minimum Gasteiger partial charge on any atom is -0.319 e. The molecule has 0 aliphatic heterocycles. The Morgan fingerprint density at radius 3 is 2.53 bits per heavy atom. The minimum absolute atomic E-state index is 0.0443. The fourth-order valence-electron chi connectivity index (χ4n) is 1.26. The van der Waals surface area contributed by atoms with Gasteiger partial charge in [-0.05, 0) is 44.0 Å². The van der Waals surface area contributed by atoms with Crippen molar-refractivity contribution in [2.24, 2.45) is 5.73 Å². The molecule has 0 heterocycles. The van der Waals surface area contributed by atoms with E-state index in [-0.39, 0.29) is 18.0 Å². The second kappa shape index (κ2) is 4.11. The highest BCUT2D eigenvalue weighted by atomic mass is 19.1. The molecule has 1 rings (SSSR count). The van der Waals surface area contributed by atoms with E-state index < -0.39 is 5.54 Å². The van der Waals surface area contributed by atoms with Gasteiger partial charge in [0.05, 0.1) is 5.54 Å².